The van der Waals surface area contributed by atoms with Gasteiger partial charge >= 0.3 is 0 Å². The van der Waals surface area contributed by atoms with Crippen molar-refractivity contribution in [3.05, 3.63) is 16.6 Å². The highest BCUT2D eigenvalue weighted by Crippen LogP contribution is 2.10. The molecule has 1 aromatic rings. The maximum Gasteiger partial charge on any atom is 0.142 e. The molecule has 0 spiro atoms. The number of hydrogen-bond acceptors (Lipinski definition) is 4. The molecule has 4 heteroatoms. The van der Waals surface area contributed by atoms with Crippen LogP contribution in [0.25, 0.3) is 0 Å². The molecule has 0 saturated carbocycles. The average molecular weight is 198 g/mol. The van der Waals surface area contributed by atoms with Crippen LogP contribution in [0.4, 0.5) is 0 Å². The topological polar surface area (TPSA) is 56.0 Å². The van der Waals surface area contributed by atoms with Gasteiger partial charge in [0, 0.05) is 17.5 Å². The van der Waals surface area contributed by atoms with Crippen molar-refractivity contribution in [1.82, 2.24) is 4.98 Å². The first-order chi connectivity index (χ1) is 6.24. The summed E-state index contributed by atoms with van der Waals surface area (Å²) >= 11 is 1.52. The molecule has 1 aromatic heterocycles. The first-order valence-electron chi connectivity index (χ1n) is 4.35. The summed E-state index contributed by atoms with van der Waals surface area (Å²) in [5, 5.41) is 2.78. The summed E-state index contributed by atoms with van der Waals surface area (Å²) in [5.41, 5.74) is 5.38. The Hall–Kier alpha value is -0.740. The van der Waals surface area contributed by atoms with Gasteiger partial charge in [0.15, 0.2) is 0 Å². The van der Waals surface area contributed by atoms with Crippen LogP contribution in [0.5, 0.6) is 0 Å². The first kappa shape index (κ1) is 10.3. The van der Waals surface area contributed by atoms with E-state index in [1.54, 1.807) is 6.20 Å². The normalized spacial score (nSPS) is 12.8. The summed E-state index contributed by atoms with van der Waals surface area (Å²) in [6.07, 6.45) is 2.95. The Morgan fingerprint density at radius 1 is 1.77 bits per heavy atom. The molecule has 2 N–H and O–H groups in total. The molecule has 0 saturated heterocycles. The van der Waals surface area contributed by atoms with Gasteiger partial charge in [0.05, 0.1) is 11.4 Å². The van der Waals surface area contributed by atoms with Crippen molar-refractivity contribution < 1.29 is 4.79 Å². The summed E-state index contributed by atoms with van der Waals surface area (Å²) in [7, 11) is 0. The fourth-order valence-corrected chi connectivity index (χ4v) is 1.70. The number of nitrogens with two attached hydrogens (primary N) is 1. The van der Waals surface area contributed by atoms with E-state index in [1.807, 2.05) is 12.3 Å². The lowest BCUT2D eigenvalue weighted by molar-refractivity contribution is -0.121. The third kappa shape index (κ3) is 3.24. The zero-order valence-corrected chi connectivity index (χ0v) is 8.51. The molecule has 72 valence electrons. The van der Waals surface area contributed by atoms with E-state index >= 15 is 0 Å². The Kier molecular flexibility index (Phi) is 4.05. The highest BCUT2D eigenvalue weighted by Gasteiger charge is 2.13. The number of hydrogen-bond donors (Lipinski definition) is 1. The van der Waals surface area contributed by atoms with Crippen molar-refractivity contribution >= 4 is 17.1 Å². The molecule has 1 heterocycles. The van der Waals surface area contributed by atoms with Gasteiger partial charge in [-0.05, 0) is 13.0 Å². The second kappa shape index (κ2) is 5.09. The van der Waals surface area contributed by atoms with Crippen molar-refractivity contribution in [2.45, 2.75) is 19.8 Å². The Morgan fingerprint density at radius 2 is 2.54 bits per heavy atom. The molecule has 1 rings (SSSR count). The number of thiazole rings is 1. The van der Waals surface area contributed by atoms with Gasteiger partial charge in [0.2, 0.25) is 0 Å². The monoisotopic (exact) mass is 198 g/mol. The standard InChI is InChI=1S/C9H14N2OS/c1-7(2-3-10)8(12)6-9-11-4-5-13-9/h4-5,7H,2-3,6,10H2,1H3. The van der Waals surface area contributed by atoms with Crippen LogP contribution in [0, 0.1) is 5.92 Å². The predicted octanol–water partition coefficient (Wildman–Crippen LogP) is 1.24. The van der Waals surface area contributed by atoms with Crippen LogP contribution in [-0.4, -0.2) is 17.3 Å². The van der Waals surface area contributed by atoms with Gasteiger partial charge in [0.25, 0.3) is 0 Å². The van der Waals surface area contributed by atoms with E-state index in [-0.39, 0.29) is 11.7 Å². The van der Waals surface area contributed by atoms with Gasteiger partial charge in [-0.15, -0.1) is 11.3 Å². The van der Waals surface area contributed by atoms with E-state index in [2.05, 4.69) is 4.98 Å². The van der Waals surface area contributed by atoms with Crippen LogP contribution in [-0.2, 0) is 11.2 Å². The number of nitrogens with zero attached hydrogens (tertiary/aromatic N) is 1. The van der Waals surface area contributed by atoms with Gasteiger partial charge < -0.3 is 5.73 Å². The predicted molar refractivity (Wildman–Crippen MR) is 53.7 cm³/mol. The minimum Gasteiger partial charge on any atom is -0.330 e. The second-order valence-electron chi connectivity index (χ2n) is 3.05. The quantitative estimate of drug-likeness (QED) is 0.774. The van der Waals surface area contributed by atoms with Crippen LogP contribution in [0.1, 0.15) is 18.4 Å². The van der Waals surface area contributed by atoms with E-state index in [4.69, 9.17) is 5.73 Å². The summed E-state index contributed by atoms with van der Waals surface area (Å²) in [6.45, 7) is 2.49. The SMILES string of the molecule is CC(CCN)C(=O)Cc1nccs1. The molecule has 0 aliphatic carbocycles. The zero-order valence-electron chi connectivity index (χ0n) is 7.69. The van der Waals surface area contributed by atoms with Crippen LogP contribution in [0.15, 0.2) is 11.6 Å². The molecule has 0 aliphatic heterocycles. The Labute approximate surface area is 82.0 Å². The Morgan fingerprint density at radius 3 is 3.08 bits per heavy atom. The third-order valence-electron chi connectivity index (χ3n) is 1.96. The second-order valence-corrected chi connectivity index (χ2v) is 4.03. The van der Waals surface area contributed by atoms with E-state index in [0.717, 1.165) is 11.4 Å². The number of rotatable bonds is 5. The molecule has 0 radical (unpaired) electrons. The van der Waals surface area contributed by atoms with E-state index in [9.17, 15) is 4.79 Å². The molecule has 1 atom stereocenters. The number of ketones is 1. The van der Waals surface area contributed by atoms with Gasteiger partial charge in [0.1, 0.15) is 5.78 Å². The largest absolute Gasteiger partial charge is 0.330 e. The van der Waals surface area contributed by atoms with Gasteiger partial charge in [-0.2, -0.15) is 0 Å². The summed E-state index contributed by atoms with van der Waals surface area (Å²) in [5.74, 6) is 0.300. The average Bonchev–Trinajstić information content (AvgIpc) is 2.57. The van der Waals surface area contributed by atoms with E-state index in [1.165, 1.54) is 11.3 Å². The number of aromatic nitrogens is 1. The number of Topliss-reactive ketones (excluding diaryl/α,β-unsaturated/α-hetero) is 1. The van der Waals surface area contributed by atoms with Crippen molar-refractivity contribution in [3.8, 4) is 0 Å². The highest BCUT2D eigenvalue weighted by molar-refractivity contribution is 7.09. The Balaban J connectivity index is 2.41. The smallest absolute Gasteiger partial charge is 0.142 e. The molecule has 1 unspecified atom stereocenters. The molecule has 0 bridgehead atoms. The van der Waals surface area contributed by atoms with Crippen LogP contribution in [0.3, 0.4) is 0 Å². The molecule has 0 aliphatic rings. The summed E-state index contributed by atoms with van der Waals surface area (Å²) in [6, 6.07) is 0. The summed E-state index contributed by atoms with van der Waals surface area (Å²) < 4.78 is 0. The molecule has 0 fully saturated rings. The molecule has 0 amide bonds. The van der Waals surface area contributed by atoms with Crippen molar-refractivity contribution in [3.63, 3.8) is 0 Å². The van der Waals surface area contributed by atoms with Crippen molar-refractivity contribution in [2.75, 3.05) is 6.54 Å². The lowest BCUT2D eigenvalue weighted by atomic mass is 10.0. The van der Waals surface area contributed by atoms with Crippen molar-refractivity contribution in [1.29, 1.82) is 0 Å². The maximum absolute atomic E-state index is 11.5. The fourth-order valence-electron chi connectivity index (χ4n) is 1.07. The lowest BCUT2D eigenvalue weighted by Gasteiger charge is -2.06. The zero-order chi connectivity index (χ0) is 9.68. The van der Waals surface area contributed by atoms with Gasteiger partial charge in [-0.25, -0.2) is 4.98 Å². The van der Waals surface area contributed by atoms with Crippen LogP contribution in [0.2, 0.25) is 0 Å². The highest BCUT2D eigenvalue weighted by atomic mass is 32.1. The first-order valence-corrected chi connectivity index (χ1v) is 5.23. The van der Waals surface area contributed by atoms with E-state index in [0.29, 0.717) is 13.0 Å². The Bertz CT molecular complexity index is 259. The van der Waals surface area contributed by atoms with E-state index < -0.39 is 0 Å². The van der Waals surface area contributed by atoms with Crippen LogP contribution < -0.4 is 5.73 Å². The molecular formula is C9H14N2OS. The minimum atomic E-state index is 0.0638. The number of carbonyl (C=O) groups excluding carboxylic acids is 1. The third-order valence-corrected chi connectivity index (χ3v) is 2.74. The fraction of sp³-hybridized carbons (Fsp3) is 0.556. The van der Waals surface area contributed by atoms with Gasteiger partial charge in [-0.3, -0.25) is 4.79 Å². The van der Waals surface area contributed by atoms with Gasteiger partial charge in [-0.1, -0.05) is 6.92 Å². The number of carbonyl (C=O) groups is 1. The van der Waals surface area contributed by atoms with Crippen LogP contribution >= 0.6 is 11.3 Å². The molecule has 13 heavy (non-hydrogen) atoms. The minimum absolute atomic E-state index is 0.0638. The maximum atomic E-state index is 11.5. The molecule has 0 aromatic carbocycles. The molecule has 3 nitrogen and oxygen atoms in total. The van der Waals surface area contributed by atoms with Crippen molar-refractivity contribution in [2.24, 2.45) is 11.7 Å². The summed E-state index contributed by atoms with van der Waals surface area (Å²) in [4.78, 5) is 15.6. The lowest BCUT2D eigenvalue weighted by Crippen LogP contribution is -2.17. The molecular weight excluding hydrogens is 184 g/mol.